The number of aromatic hydroxyl groups is 1. The van der Waals surface area contributed by atoms with Gasteiger partial charge in [-0.3, -0.25) is 9.78 Å². The van der Waals surface area contributed by atoms with E-state index < -0.39 is 6.04 Å². The van der Waals surface area contributed by atoms with Crippen LogP contribution in [0.1, 0.15) is 10.4 Å². The first kappa shape index (κ1) is 13.5. The highest BCUT2D eigenvalue weighted by atomic mass is 32.1. The minimum Gasteiger partial charge on any atom is -0.508 e. The van der Waals surface area contributed by atoms with E-state index in [-0.39, 0.29) is 11.7 Å². The van der Waals surface area contributed by atoms with Gasteiger partial charge in [-0.2, -0.15) is 0 Å². The number of aromatic nitrogens is 1. The normalized spacial score (nSPS) is 12.1. The fourth-order valence-corrected chi connectivity index (χ4v) is 2.15. The van der Waals surface area contributed by atoms with Crippen LogP contribution in [0.25, 0.3) is 0 Å². The monoisotopic (exact) mass is 277 g/mol. The van der Waals surface area contributed by atoms with Gasteiger partial charge in [-0.1, -0.05) is 12.1 Å². The molecule has 0 radical (unpaired) electrons. The molecule has 0 spiro atoms. The summed E-state index contributed by atoms with van der Waals surface area (Å²) in [6, 6.07) is 6.07. The Bertz CT molecular complexity index is 525. The number of nitrogens with two attached hydrogens (primary N) is 1. The van der Waals surface area contributed by atoms with Crippen molar-refractivity contribution in [2.45, 2.75) is 19.0 Å². The van der Waals surface area contributed by atoms with E-state index in [0.717, 1.165) is 10.4 Å². The summed E-state index contributed by atoms with van der Waals surface area (Å²) in [5, 5.41) is 11.9. The lowest BCUT2D eigenvalue weighted by atomic mass is 10.1. The van der Waals surface area contributed by atoms with Crippen LogP contribution in [0.3, 0.4) is 0 Å². The zero-order chi connectivity index (χ0) is 13.7. The van der Waals surface area contributed by atoms with E-state index in [1.807, 2.05) is 0 Å². The average molecular weight is 277 g/mol. The standard InChI is InChI=1S/C13H15N3O2S/c14-12(5-9-1-3-10(17)4-2-9)13(18)16-7-11-6-15-8-19-11/h1-4,6,8,12,17H,5,7,14H2,(H,16,18)/t12-/m1/s1. The molecule has 19 heavy (non-hydrogen) atoms. The summed E-state index contributed by atoms with van der Waals surface area (Å²) in [5.74, 6) is 0.00782. The first-order valence-corrected chi connectivity index (χ1v) is 6.71. The maximum atomic E-state index is 11.8. The van der Waals surface area contributed by atoms with E-state index in [0.29, 0.717) is 13.0 Å². The Morgan fingerprint density at radius 1 is 1.42 bits per heavy atom. The molecule has 0 saturated heterocycles. The second-order valence-corrected chi connectivity index (χ2v) is 5.13. The van der Waals surface area contributed by atoms with Crippen molar-refractivity contribution >= 4 is 17.2 Å². The van der Waals surface area contributed by atoms with Gasteiger partial charge < -0.3 is 16.2 Å². The molecule has 1 aromatic carbocycles. The molecule has 6 heteroatoms. The van der Waals surface area contributed by atoms with Gasteiger partial charge in [0.1, 0.15) is 5.75 Å². The third-order valence-corrected chi connectivity index (χ3v) is 3.43. The molecule has 100 valence electrons. The Morgan fingerprint density at radius 3 is 2.79 bits per heavy atom. The number of phenols is 1. The quantitative estimate of drug-likeness (QED) is 0.762. The number of nitrogens with one attached hydrogen (secondary N) is 1. The van der Waals surface area contributed by atoms with Crippen molar-refractivity contribution in [3.8, 4) is 5.75 Å². The summed E-state index contributed by atoms with van der Waals surface area (Å²) >= 11 is 1.49. The predicted molar refractivity (Wildman–Crippen MR) is 73.7 cm³/mol. The van der Waals surface area contributed by atoms with Crippen molar-refractivity contribution in [3.63, 3.8) is 0 Å². The molecule has 0 fully saturated rings. The van der Waals surface area contributed by atoms with Crippen molar-refractivity contribution in [2.24, 2.45) is 5.73 Å². The molecule has 1 atom stereocenters. The molecule has 1 aromatic heterocycles. The molecule has 5 nitrogen and oxygen atoms in total. The molecule has 0 aliphatic heterocycles. The van der Waals surface area contributed by atoms with Crippen LogP contribution >= 0.6 is 11.3 Å². The topological polar surface area (TPSA) is 88.2 Å². The smallest absolute Gasteiger partial charge is 0.237 e. The molecule has 0 unspecified atom stereocenters. The summed E-state index contributed by atoms with van der Waals surface area (Å²) in [7, 11) is 0. The van der Waals surface area contributed by atoms with Gasteiger partial charge in [0, 0.05) is 11.1 Å². The Hall–Kier alpha value is -1.92. The van der Waals surface area contributed by atoms with Crippen molar-refractivity contribution < 1.29 is 9.90 Å². The van der Waals surface area contributed by atoms with E-state index in [1.165, 1.54) is 11.3 Å². The lowest BCUT2D eigenvalue weighted by molar-refractivity contribution is -0.122. The maximum Gasteiger partial charge on any atom is 0.237 e. The molecule has 2 aromatic rings. The molecule has 2 rings (SSSR count). The highest BCUT2D eigenvalue weighted by Gasteiger charge is 2.13. The molecule has 4 N–H and O–H groups in total. The molecular weight excluding hydrogens is 262 g/mol. The number of carbonyl (C=O) groups is 1. The number of amides is 1. The summed E-state index contributed by atoms with van der Waals surface area (Å²) in [6.45, 7) is 0.451. The third kappa shape index (κ3) is 4.04. The van der Waals surface area contributed by atoms with Crippen LogP contribution in [0.4, 0.5) is 0 Å². The number of hydrogen-bond acceptors (Lipinski definition) is 5. The minimum absolute atomic E-state index is 0.193. The SMILES string of the molecule is N[C@H](Cc1ccc(O)cc1)C(=O)NCc1cncs1. The first-order valence-electron chi connectivity index (χ1n) is 5.83. The van der Waals surface area contributed by atoms with Gasteiger partial charge in [-0.05, 0) is 24.1 Å². The van der Waals surface area contributed by atoms with Gasteiger partial charge in [0.15, 0.2) is 0 Å². The van der Waals surface area contributed by atoms with Crippen LogP contribution in [-0.4, -0.2) is 22.0 Å². The van der Waals surface area contributed by atoms with E-state index in [9.17, 15) is 9.90 Å². The first-order chi connectivity index (χ1) is 9.15. The van der Waals surface area contributed by atoms with Crippen LogP contribution in [0.15, 0.2) is 36.0 Å². The van der Waals surface area contributed by atoms with Crippen LogP contribution in [0.2, 0.25) is 0 Å². The number of hydrogen-bond donors (Lipinski definition) is 3. The van der Waals surface area contributed by atoms with Crippen molar-refractivity contribution in [2.75, 3.05) is 0 Å². The van der Waals surface area contributed by atoms with Gasteiger partial charge in [0.25, 0.3) is 0 Å². The van der Waals surface area contributed by atoms with Crippen LogP contribution in [0.5, 0.6) is 5.75 Å². The van der Waals surface area contributed by atoms with Crippen LogP contribution in [-0.2, 0) is 17.8 Å². The van der Waals surface area contributed by atoms with Gasteiger partial charge in [-0.25, -0.2) is 0 Å². The molecular formula is C13H15N3O2S. The molecule has 0 bridgehead atoms. The number of phenolic OH excluding ortho intramolecular Hbond substituents is 1. The number of carbonyl (C=O) groups excluding carboxylic acids is 1. The molecule has 0 aliphatic rings. The number of benzene rings is 1. The van der Waals surface area contributed by atoms with Gasteiger partial charge in [0.05, 0.1) is 18.1 Å². The highest BCUT2D eigenvalue weighted by Crippen LogP contribution is 2.11. The third-order valence-electron chi connectivity index (χ3n) is 2.65. The Labute approximate surface area is 115 Å². The number of thiazole rings is 1. The Balaban J connectivity index is 1.83. The van der Waals surface area contributed by atoms with Crippen molar-refractivity contribution in [1.29, 1.82) is 0 Å². The molecule has 1 heterocycles. The second kappa shape index (κ2) is 6.31. The fraction of sp³-hybridized carbons (Fsp3) is 0.231. The summed E-state index contributed by atoms with van der Waals surface area (Å²) in [6.07, 6.45) is 2.16. The fourth-order valence-electron chi connectivity index (χ4n) is 1.61. The van der Waals surface area contributed by atoms with E-state index in [2.05, 4.69) is 10.3 Å². The van der Waals surface area contributed by atoms with Crippen LogP contribution < -0.4 is 11.1 Å². The summed E-state index contributed by atoms with van der Waals surface area (Å²) in [5.41, 5.74) is 8.48. The summed E-state index contributed by atoms with van der Waals surface area (Å²) in [4.78, 5) is 16.7. The van der Waals surface area contributed by atoms with Crippen molar-refractivity contribution in [3.05, 3.63) is 46.4 Å². The molecule has 0 saturated carbocycles. The highest BCUT2D eigenvalue weighted by molar-refractivity contribution is 7.09. The van der Waals surface area contributed by atoms with Gasteiger partial charge in [-0.15, -0.1) is 11.3 Å². The molecule has 0 aliphatic carbocycles. The lowest BCUT2D eigenvalue weighted by Crippen LogP contribution is -2.41. The lowest BCUT2D eigenvalue weighted by Gasteiger charge is -2.11. The average Bonchev–Trinajstić information content (AvgIpc) is 2.91. The Morgan fingerprint density at radius 2 is 2.16 bits per heavy atom. The predicted octanol–water partition coefficient (Wildman–Crippen LogP) is 1.03. The second-order valence-electron chi connectivity index (χ2n) is 4.16. The number of nitrogens with zero attached hydrogens (tertiary/aromatic N) is 1. The van der Waals surface area contributed by atoms with Gasteiger partial charge >= 0.3 is 0 Å². The van der Waals surface area contributed by atoms with E-state index >= 15 is 0 Å². The van der Waals surface area contributed by atoms with Gasteiger partial charge in [0.2, 0.25) is 5.91 Å². The van der Waals surface area contributed by atoms with Crippen LogP contribution in [0, 0.1) is 0 Å². The minimum atomic E-state index is -0.600. The summed E-state index contributed by atoms with van der Waals surface area (Å²) < 4.78 is 0. The van der Waals surface area contributed by atoms with Crippen molar-refractivity contribution in [1.82, 2.24) is 10.3 Å². The Kier molecular flexibility index (Phi) is 4.48. The largest absolute Gasteiger partial charge is 0.508 e. The van der Waals surface area contributed by atoms with E-state index in [4.69, 9.17) is 5.73 Å². The zero-order valence-corrected chi connectivity index (χ0v) is 11.1. The molecule has 1 amide bonds. The van der Waals surface area contributed by atoms with E-state index in [1.54, 1.807) is 36.0 Å². The maximum absolute atomic E-state index is 11.8. The number of rotatable bonds is 5. The zero-order valence-electron chi connectivity index (χ0n) is 10.2.